The molecule has 0 spiro atoms. The van der Waals surface area contributed by atoms with E-state index in [2.05, 4.69) is 40.4 Å². The molecule has 0 aromatic heterocycles. The van der Waals surface area contributed by atoms with Crippen LogP contribution in [0.5, 0.6) is 5.75 Å². The van der Waals surface area contributed by atoms with Gasteiger partial charge in [-0.05, 0) is 51.3 Å². The van der Waals surface area contributed by atoms with Gasteiger partial charge in [0.1, 0.15) is 11.4 Å². The molecule has 5 nitrogen and oxygen atoms in total. The van der Waals surface area contributed by atoms with Crippen LogP contribution in [0, 0.1) is 5.92 Å². The van der Waals surface area contributed by atoms with Crippen molar-refractivity contribution in [3.05, 3.63) is 28.2 Å². The van der Waals surface area contributed by atoms with Crippen LogP contribution in [0.4, 0.5) is 4.79 Å². The first-order valence-electron chi connectivity index (χ1n) is 8.63. The number of carbonyl (C=O) groups excluding carboxylic acids is 1. The number of rotatable bonds is 8. The van der Waals surface area contributed by atoms with E-state index >= 15 is 0 Å². The molecule has 0 aliphatic carbocycles. The van der Waals surface area contributed by atoms with Gasteiger partial charge in [-0.15, -0.1) is 0 Å². The Balaban J connectivity index is 2.64. The lowest BCUT2D eigenvalue weighted by atomic mass is 10.0. The van der Waals surface area contributed by atoms with E-state index in [9.17, 15) is 4.79 Å². The topological polar surface area (TPSA) is 59.6 Å². The molecule has 0 heterocycles. The third kappa shape index (κ3) is 9.12. The van der Waals surface area contributed by atoms with E-state index in [0.717, 1.165) is 22.2 Å². The van der Waals surface area contributed by atoms with E-state index < -0.39 is 5.60 Å². The number of carbonyl (C=O) groups is 1. The van der Waals surface area contributed by atoms with Crippen molar-refractivity contribution in [3.63, 3.8) is 0 Å². The summed E-state index contributed by atoms with van der Waals surface area (Å²) in [6, 6.07) is 6.09. The van der Waals surface area contributed by atoms with Crippen LogP contribution in [0.25, 0.3) is 0 Å². The summed E-state index contributed by atoms with van der Waals surface area (Å²) in [6.45, 7) is 11.1. The van der Waals surface area contributed by atoms with E-state index in [1.807, 2.05) is 39.0 Å². The number of ether oxygens (including phenoxy) is 2. The molecule has 25 heavy (non-hydrogen) atoms. The molecule has 2 N–H and O–H groups in total. The maximum absolute atomic E-state index is 11.9. The van der Waals surface area contributed by atoms with Crippen molar-refractivity contribution >= 4 is 22.0 Å². The van der Waals surface area contributed by atoms with Crippen LogP contribution in [0.15, 0.2) is 22.7 Å². The Hall–Kier alpha value is -1.27. The van der Waals surface area contributed by atoms with Crippen molar-refractivity contribution in [2.45, 2.75) is 59.2 Å². The lowest BCUT2D eigenvalue weighted by Gasteiger charge is -2.24. The van der Waals surface area contributed by atoms with Gasteiger partial charge in [-0.3, -0.25) is 0 Å². The minimum absolute atomic E-state index is 0.149. The minimum Gasteiger partial charge on any atom is -0.496 e. The molecule has 0 aliphatic rings. The average molecular weight is 415 g/mol. The van der Waals surface area contributed by atoms with Gasteiger partial charge in [0.05, 0.1) is 7.11 Å². The van der Waals surface area contributed by atoms with Gasteiger partial charge in [-0.2, -0.15) is 0 Å². The second-order valence-electron chi connectivity index (χ2n) is 7.55. The van der Waals surface area contributed by atoms with Crippen molar-refractivity contribution in [2.75, 3.05) is 13.7 Å². The fourth-order valence-electron chi connectivity index (χ4n) is 2.47. The highest BCUT2D eigenvalue weighted by Gasteiger charge is 2.18. The Labute approximate surface area is 160 Å². The quantitative estimate of drug-likeness (QED) is 0.657. The van der Waals surface area contributed by atoms with Gasteiger partial charge in [0.2, 0.25) is 0 Å². The summed E-state index contributed by atoms with van der Waals surface area (Å²) < 4.78 is 11.7. The first-order valence-corrected chi connectivity index (χ1v) is 9.42. The highest BCUT2D eigenvalue weighted by Crippen LogP contribution is 2.23. The van der Waals surface area contributed by atoms with Crippen LogP contribution in [0.2, 0.25) is 0 Å². The Bertz CT molecular complexity index is 556. The van der Waals surface area contributed by atoms with E-state index in [4.69, 9.17) is 9.47 Å². The highest BCUT2D eigenvalue weighted by atomic mass is 79.9. The third-order valence-corrected chi connectivity index (χ3v) is 3.96. The second-order valence-corrected chi connectivity index (χ2v) is 8.46. The summed E-state index contributed by atoms with van der Waals surface area (Å²) >= 11 is 3.49. The Morgan fingerprint density at radius 1 is 1.28 bits per heavy atom. The number of benzene rings is 1. The van der Waals surface area contributed by atoms with Crippen molar-refractivity contribution in [3.8, 4) is 5.75 Å². The number of halogens is 1. The van der Waals surface area contributed by atoms with Crippen molar-refractivity contribution in [1.82, 2.24) is 10.6 Å². The van der Waals surface area contributed by atoms with Gasteiger partial charge in [-0.1, -0.05) is 29.8 Å². The molecule has 1 aromatic rings. The maximum atomic E-state index is 11.9. The third-order valence-electron chi connectivity index (χ3n) is 3.47. The number of alkyl carbamates (subject to hydrolysis) is 1. The number of hydrogen-bond donors (Lipinski definition) is 2. The Kier molecular flexibility index (Phi) is 8.73. The first kappa shape index (κ1) is 21.8. The molecule has 6 heteroatoms. The van der Waals surface area contributed by atoms with Crippen molar-refractivity contribution in [2.24, 2.45) is 5.92 Å². The smallest absolute Gasteiger partial charge is 0.407 e. The lowest BCUT2D eigenvalue weighted by molar-refractivity contribution is 0.0520. The molecule has 1 atom stereocenters. The van der Waals surface area contributed by atoms with E-state index in [1.165, 1.54) is 0 Å². The summed E-state index contributed by atoms with van der Waals surface area (Å²) in [4.78, 5) is 11.9. The molecule has 142 valence electrons. The molecule has 0 aliphatic heterocycles. The molecule has 1 unspecified atom stereocenters. The molecule has 1 rings (SSSR count). The molecule has 0 saturated carbocycles. The summed E-state index contributed by atoms with van der Waals surface area (Å²) in [6.07, 6.45) is 0.564. The lowest BCUT2D eigenvalue weighted by Crippen LogP contribution is -2.43. The molecule has 1 aromatic carbocycles. The van der Waals surface area contributed by atoms with Crippen LogP contribution in [0.3, 0.4) is 0 Å². The SMILES string of the molecule is COc1ccc(Br)cc1CNC(CNC(=O)OC(C)(C)C)CC(C)C. The summed E-state index contributed by atoms with van der Waals surface area (Å²) in [5, 5.41) is 6.37. The molecule has 0 bridgehead atoms. The summed E-state index contributed by atoms with van der Waals surface area (Å²) in [5.41, 5.74) is 0.581. The van der Waals surface area contributed by atoms with Crippen LogP contribution in [-0.4, -0.2) is 31.4 Å². The van der Waals surface area contributed by atoms with Gasteiger partial charge < -0.3 is 20.1 Å². The van der Waals surface area contributed by atoms with Gasteiger partial charge in [-0.25, -0.2) is 4.79 Å². The fourth-order valence-corrected chi connectivity index (χ4v) is 2.88. The predicted octanol–water partition coefficient (Wildman–Crippen LogP) is 4.49. The van der Waals surface area contributed by atoms with Crippen LogP contribution in [0.1, 0.15) is 46.6 Å². The molecule has 0 fully saturated rings. The Morgan fingerprint density at radius 2 is 1.96 bits per heavy atom. The van der Waals surface area contributed by atoms with E-state index in [-0.39, 0.29) is 12.1 Å². The van der Waals surface area contributed by atoms with Crippen LogP contribution >= 0.6 is 15.9 Å². The average Bonchev–Trinajstić information content (AvgIpc) is 2.48. The first-order chi connectivity index (χ1) is 11.6. The number of amides is 1. The maximum Gasteiger partial charge on any atom is 0.407 e. The summed E-state index contributed by atoms with van der Waals surface area (Å²) in [5.74, 6) is 1.36. The zero-order valence-corrected chi connectivity index (χ0v) is 17.7. The van der Waals surface area contributed by atoms with Gasteiger partial charge in [0.25, 0.3) is 0 Å². The predicted molar refractivity (Wildman–Crippen MR) is 105 cm³/mol. The zero-order chi connectivity index (χ0) is 19.0. The zero-order valence-electron chi connectivity index (χ0n) is 16.1. The standard InChI is InChI=1S/C19H31BrN2O3/c1-13(2)9-16(12-22-18(23)25-19(3,4)5)21-11-14-10-15(20)7-8-17(14)24-6/h7-8,10,13,16,21H,9,11-12H2,1-6H3,(H,22,23). The number of nitrogens with one attached hydrogen (secondary N) is 2. The monoisotopic (exact) mass is 414 g/mol. The number of methoxy groups -OCH3 is 1. The fraction of sp³-hybridized carbons (Fsp3) is 0.632. The molecule has 0 radical (unpaired) electrons. The number of hydrogen-bond acceptors (Lipinski definition) is 4. The van der Waals surface area contributed by atoms with Crippen molar-refractivity contribution < 1.29 is 14.3 Å². The second kappa shape index (κ2) is 10.0. The van der Waals surface area contributed by atoms with Crippen molar-refractivity contribution in [1.29, 1.82) is 0 Å². The van der Waals surface area contributed by atoms with Gasteiger partial charge in [0, 0.05) is 29.2 Å². The Morgan fingerprint density at radius 3 is 2.52 bits per heavy atom. The molecular formula is C19H31BrN2O3. The molecule has 1 amide bonds. The normalized spacial score (nSPS) is 12.8. The van der Waals surface area contributed by atoms with Crippen LogP contribution < -0.4 is 15.4 Å². The largest absolute Gasteiger partial charge is 0.496 e. The summed E-state index contributed by atoms with van der Waals surface area (Å²) in [7, 11) is 1.67. The molecule has 0 saturated heterocycles. The minimum atomic E-state index is -0.491. The van der Waals surface area contributed by atoms with E-state index in [0.29, 0.717) is 19.0 Å². The molecular weight excluding hydrogens is 384 g/mol. The van der Waals surface area contributed by atoms with Gasteiger partial charge in [0.15, 0.2) is 0 Å². The van der Waals surface area contributed by atoms with Gasteiger partial charge >= 0.3 is 6.09 Å². The van der Waals surface area contributed by atoms with E-state index in [1.54, 1.807) is 7.11 Å². The highest BCUT2D eigenvalue weighted by molar-refractivity contribution is 9.10. The van der Waals surface area contributed by atoms with Crippen LogP contribution in [-0.2, 0) is 11.3 Å².